The van der Waals surface area contributed by atoms with Crippen molar-refractivity contribution in [1.29, 1.82) is 0 Å². The maximum Gasteiger partial charge on any atom is 0.414 e. The van der Waals surface area contributed by atoms with E-state index in [-0.39, 0.29) is 18.4 Å². The van der Waals surface area contributed by atoms with Gasteiger partial charge >= 0.3 is 12.1 Å². The Bertz CT molecular complexity index is 1240. The van der Waals surface area contributed by atoms with Crippen LogP contribution in [-0.2, 0) is 4.74 Å². The number of hydrogen-bond donors (Lipinski definition) is 2. The van der Waals surface area contributed by atoms with Gasteiger partial charge in [0.15, 0.2) is 5.78 Å². The minimum atomic E-state index is -0.480. The zero-order valence-electron chi connectivity index (χ0n) is 22.4. The van der Waals surface area contributed by atoms with Gasteiger partial charge in [-0.2, -0.15) is 0 Å². The van der Waals surface area contributed by atoms with Crippen LogP contribution in [0.3, 0.4) is 0 Å². The predicted molar refractivity (Wildman–Crippen MR) is 154 cm³/mol. The third-order valence-corrected chi connectivity index (χ3v) is 7.62. The first kappa shape index (κ1) is 27.6. The van der Waals surface area contributed by atoms with Gasteiger partial charge in [0.25, 0.3) is 5.24 Å². The molecule has 212 valence electrons. The first-order chi connectivity index (χ1) is 19.3. The van der Waals surface area contributed by atoms with Gasteiger partial charge in [-0.1, -0.05) is 12.6 Å². The number of cyclic esters (lactones) is 1. The molecule has 0 aliphatic carbocycles. The van der Waals surface area contributed by atoms with Crippen molar-refractivity contribution in [2.75, 3.05) is 80.1 Å². The molecule has 12 nitrogen and oxygen atoms in total. The minimum absolute atomic E-state index is 0.0516. The topological polar surface area (TPSA) is 119 Å². The van der Waals surface area contributed by atoms with Crippen LogP contribution < -0.4 is 20.0 Å². The quantitative estimate of drug-likeness (QED) is 0.403. The zero-order chi connectivity index (χ0) is 28.2. The number of benzene rings is 1. The molecule has 2 aromatic rings. The Labute approximate surface area is 238 Å². The highest BCUT2D eigenvalue weighted by atomic mass is 32.1. The van der Waals surface area contributed by atoms with Gasteiger partial charge in [0, 0.05) is 63.6 Å². The first-order valence-corrected chi connectivity index (χ1v) is 13.8. The molecule has 40 heavy (non-hydrogen) atoms. The number of pyridine rings is 1. The van der Waals surface area contributed by atoms with Crippen LogP contribution in [0.1, 0.15) is 17.3 Å². The summed E-state index contributed by atoms with van der Waals surface area (Å²) in [5.74, 6) is 0.836. The molecule has 13 heteroatoms. The summed E-state index contributed by atoms with van der Waals surface area (Å²) in [7, 11) is 0. The number of Topliss-reactive ketones (excluding diaryl/α,β-unsaturated/α-hetero) is 1. The summed E-state index contributed by atoms with van der Waals surface area (Å²) in [4.78, 5) is 62.2. The standard InChI is InChI=1S/C27H33N7O5S/c1-19(35)20-2-4-21(5-3-20)30-8-12-32(13-9-30)26(37)33-14-10-31(11-15-33)24-7-6-22(16-28-24)34-18-23(39-27(34)38)17-29-25(36)40/h2-7,16,23H,8-15,17-18H2,1H3,(H2,29,36,40). The van der Waals surface area contributed by atoms with Crippen molar-refractivity contribution in [3.8, 4) is 0 Å². The fraction of sp³-hybridized carbons (Fsp3) is 0.444. The highest BCUT2D eigenvalue weighted by Gasteiger charge is 2.33. The van der Waals surface area contributed by atoms with Gasteiger partial charge in [0.05, 0.1) is 25.0 Å². The third-order valence-electron chi connectivity index (χ3n) is 7.46. The lowest BCUT2D eigenvalue weighted by Gasteiger charge is -2.41. The normalized spacial score (nSPS) is 19.5. The molecule has 3 aliphatic rings. The molecule has 1 aromatic carbocycles. The lowest BCUT2D eigenvalue weighted by molar-refractivity contribution is 0.101. The van der Waals surface area contributed by atoms with Crippen molar-refractivity contribution in [3.05, 3.63) is 48.2 Å². The van der Waals surface area contributed by atoms with Crippen LogP contribution >= 0.6 is 12.6 Å². The van der Waals surface area contributed by atoms with Gasteiger partial charge in [-0.25, -0.2) is 14.6 Å². The van der Waals surface area contributed by atoms with Gasteiger partial charge in [-0.05, 0) is 43.3 Å². The fourth-order valence-electron chi connectivity index (χ4n) is 5.15. The number of thiol groups is 1. The maximum atomic E-state index is 13.2. The number of urea groups is 1. The maximum absolute atomic E-state index is 13.2. The van der Waals surface area contributed by atoms with Crippen molar-refractivity contribution >= 4 is 53.0 Å². The number of rotatable bonds is 6. The Balaban J connectivity index is 1.08. The molecule has 4 heterocycles. The number of piperazine rings is 2. The Morgan fingerprint density at radius 2 is 1.50 bits per heavy atom. The fourth-order valence-corrected chi connectivity index (χ4v) is 5.25. The second kappa shape index (κ2) is 12.0. The number of hydrogen-bond acceptors (Lipinski definition) is 8. The summed E-state index contributed by atoms with van der Waals surface area (Å²) < 4.78 is 5.29. The minimum Gasteiger partial charge on any atom is -0.442 e. The molecule has 5 rings (SSSR count). The zero-order valence-corrected chi connectivity index (χ0v) is 23.3. The van der Waals surface area contributed by atoms with Crippen LogP contribution in [0.25, 0.3) is 0 Å². The number of nitrogens with one attached hydrogen (secondary N) is 1. The molecule has 3 fully saturated rings. The van der Waals surface area contributed by atoms with Crippen molar-refractivity contribution < 1.29 is 23.9 Å². The summed E-state index contributed by atoms with van der Waals surface area (Å²) >= 11 is 3.66. The summed E-state index contributed by atoms with van der Waals surface area (Å²) in [5, 5.41) is 2.06. The van der Waals surface area contributed by atoms with Crippen LogP contribution in [0.15, 0.2) is 42.6 Å². The molecular weight excluding hydrogens is 534 g/mol. The van der Waals surface area contributed by atoms with E-state index in [0.29, 0.717) is 57.1 Å². The smallest absolute Gasteiger partial charge is 0.414 e. The van der Waals surface area contributed by atoms with E-state index >= 15 is 0 Å². The number of anilines is 3. The number of aromatic nitrogens is 1. The van der Waals surface area contributed by atoms with Crippen LogP contribution in [0, 0.1) is 0 Å². The molecule has 1 unspecified atom stereocenters. The molecule has 3 aliphatic heterocycles. The lowest BCUT2D eigenvalue weighted by Crippen LogP contribution is -2.57. The van der Waals surface area contributed by atoms with Crippen molar-refractivity contribution in [1.82, 2.24) is 20.1 Å². The molecule has 1 atom stereocenters. The third kappa shape index (κ3) is 6.24. The predicted octanol–water partition coefficient (Wildman–Crippen LogP) is 2.31. The largest absolute Gasteiger partial charge is 0.442 e. The van der Waals surface area contributed by atoms with Crippen molar-refractivity contribution in [2.24, 2.45) is 0 Å². The highest BCUT2D eigenvalue weighted by Crippen LogP contribution is 2.24. The number of carbonyl (C=O) groups excluding carboxylic acids is 4. The van der Waals surface area contributed by atoms with E-state index in [0.717, 1.165) is 24.6 Å². The molecule has 0 radical (unpaired) electrons. The van der Waals surface area contributed by atoms with Crippen LogP contribution in [0.4, 0.5) is 31.6 Å². The molecular formula is C27H33N7O5S. The van der Waals surface area contributed by atoms with Gasteiger partial charge in [-0.15, -0.1) is 0 Å². The van der Waals surface area contributed by atoms with Crippen LogP contribution in [0.2, 0.25) is 0 Å². The Kier molecular flexibility index (Phi) is 8.29. The van der Waals surface area contributed by atoms with Crippen LogP contribution in [0.5, 0.6) is 0 Å². The van der Waals surface area contributed by atoms with E-state index in [1.165, 1.54) is 4.90 Å². The highest BCUT2D eigenvalue weighted by molar-refractivity contribution is 7.96. The number of ether oxygens (including phenoxy) is 1. The van der Waals surface area contributed by atoms with Gasteiger partial charge in [0.1, 0.15) is 11.9 Å². The first-order valence-electron chi connectivity index (χ1n) is 13.3. The second-order valence-electron chi connectivity index (χ2n) is 10.0. The second-order valence-corrected chi connectivity index (χ2v) is 10.4. The Morgan fingerprint density at radius 1 is 0.900 bits per heavy atom. The molecule has 0 spiro atoms. The van der Waals surface area contributed by atoms with Crippen LogP contribution in [-0.4, -0.2) is 109 Å². The SMILES string of the molecule is CC(=O)c1ccc(N2CCN(C(=O)N3CCN(c4ccc(N5CC(CNC(=O)S)OC5=O)cn4)CC3)CC2)cc1. The average Bonchev–Trinajstić information content (AvgIpc) is 3.36. The number of amides is 4. The van der Waals surface area contributed by atoms with Gasteiger partial charge < -0.3 is 29.7 Å². The molecule has 1 aromatic heterocycles. The van der Waals surface area contributed by atoms with E-state index in [1.807, 2.05) is 46.2 Å². The van der Waals surface area contributed by atoms with E-state index < -0.39 is 17.4 Å². The van der Waals surface area contributed by atoms with E-state index in [2.05, 4.69) is 32.7 Å². The number of nitrogens with zero attached hydrogens (tertiary/aromatic N) is 6. The van der Waals surface area contributed by atoms with Gasteiger partial charge in [0.2, 0.25) is 0 Å². The number of carbonyl (C=O) groups is 4. The molecule has 1 N–H and O–H groups in total. The van der Waals surface area contributed by atoms with Crippen molar-refractivity contribution in [3.63, 3.8) is 0 Å². The van der Waals surface area contributed by atoms with E-state index in [9.17, 15) is 19.2 Å². The number of ketones is 1. The average molecular weight is 568 g/mol. The summed E-state index contributed by atoms with van der Waals surface area (Å²) in [6.45, 7) is 7.40. The van der Waals surface area contributed by atoms with Crippen molar-refractivity contribution in [2.45, 2.75) is 13.0 Å². The molecule has 0 bridgehead atoms. The van der Waals surface area contributed by atoms with Gasteiger partial charge in [-0.3, -0.25) is 14.5 Å². The molecule has 3 saturated heterocycles. The monoisotopic (exact) mass is 567 g/mol. The lowest BCUT2D eigenvalue weighted by atomic mass is 10.1. The van der Waals surface area contributed by atoms with E-state index in [4.69, 9.17) is 4.74 Å². The summed E-state index contributed by atoms with van der Waals surface area (Å²) in [6.07, 6.45) is 0.712. The summed E-state index contributed by atoms with van der Waals surface area (Å²) in [5.41, 5.74) is 2.38. The molecule has 4 amide bonds. The Morgan fingerprint density at radius 3 is 2.05 bits per heavy atom. The Hall–Kier alpha value is -4.00. The van der Waals surface area contributed by atoms with E-state index in [1.54, 1.807) is 13.1 Å². The summed E-state index contributed by atoms with van der Waals surface area (Å²) in [6, 6.07) is 11.4. The molecule has 0 saturated carbocycles.